The predicted molar refractivity (Wildman–Crippen MR) is 518 cm³/mol. The maximum atomic E-state index is 15.5. The average Bonchev–Trinajstić information content (AvgIpc) is 1.69. The standard InChI is InChI=1S/C98H133N19O22S/c1-12-54(8)82-97(137)117(11)55(9)84(124)104-67(39-51(2)3)85(125)108-73(45-77(100)120)88(128)106-70(40-57-21-15-13-16-22-57)90(130)114-81(53(6)7)95(135)116-83(56(10)118)96(136)112-76(93(133)111-75(47-99)98(138)139)49-140-50-78(121)103-68(43-60-35-37-101-38-36-60)86(126)105-69(42-59-29-33-64(119)34-30-59)87(127)109-74(46-79(122)123)89(129)107-72(44-63-48-102-66-26-20-19-25-65(63)66)92(132)113-80(52(4)5)94(134)110-71(91(131)115-82)41-58-27-31-62(32-28-58)61-23-17-14-18-24-61/h14,17-20,23-38,48,51-57,67-76,80-83,102,118-119H,12-13,15-16,21-22,39-47,49-50,99H2,1-11H3,(H2,100,120)(H,103,121)(H,104,124)(H,105,126)(H,106,128)(H,107,129)(H,108,125)(H,109,127)(H,110,134)(H,111,133)(H,112,136)(H,113,132)(H,114,130)(H,115,131)(H,116,135)(H,122,123)(H,138,139)/t54?,55-,56?,67+,68-,69-,70-,71-,72-,73-,74-,75-,76?,80-,81-,82-,83-/m0/s1. The van der Waals surface area contributed by atoms with Crippen LogP contribution in [0.4, 0.5) is 0 Å². The van der Waals surface area contributed by atoms with Crippen LogP contribution in [0.5, 0.6) is 5.75 Å². The number of phenolic OH excluding ortho intramolecular Hbond substituents is 1. The Morgan fingerprint density at radius 1 is 0.500 bits per heavy atom. The number of benzene rings is 4. The van der Waals surface area contributed by atoms with Crippen molar-refractivity contribution in [2.45, 2.75) is 256 Å². The van der Waals surface area contributed by atoms with Crippen molar-refractivity contribution in [1.82, 2.24) is 89.3 Å². The molecule has 2 fully saturated rings. The third-order valence-electron chi connectivity index (χ3n) is 24.7. The second-order valence-electron chi connectivity index (χ2n) is 36.8. The molecule has 6 aromatic rings. The third-order valence-corrected chi connectivity index (χ3v) is 25.7. The highest BCUT2D eigenvalue weighted by molar-refractivity contribution is 8.00. The molecule has 140 heavy (non-hydrogen) atoms. The average molecular weight is 1960 g/mol. The van der Waals surface area contributed by atoms with Crippen molar-refractivity contribution >= 4 is 129 Å². The number of primary amides is 1. The zero-order chi connectivity index (χ0) is 103. The van der Waals surface area contributed by atoms with E-state index in [9.17, 15) is 73.2 Å². The number of aliphatic hydroxyl groups excluding tert-OH is 1. The summed E-state index contributed by atoms with van der Waals surface area (Å²) in [6, 6.07) is 6.37. The Morgan fingerprint density at radius 2 is 0.950 bits per heavy atom. The van der Waals surface area contributed by atoms with Gasteiger partial charge in [-0.25, -0.2) is 4.79 Å². The van der Waals surface area contributed by atoms with Crippen molar-refractivity contribution in [3.63, 3.8) is 0 Å². The third kappa shape index (κ3) is 33.7. The van der Waals surface area contributed by atoms with E-state index in [1.165, 1.54) is 76.6 Å². The number of aromatic nitrogens is 2. The van der Waals surface area contributed by atoms with Crippen molar-refractivity contribution in [3.05, 3.63) is 156 Å². The highest BCUT2D eigenvalue weighted by Crippen LogP contribution is 2.29. The number of nitrogens with one attached hydrogen (secondary N) is 15. The van der Waals surface area contributed by atoms with Crippen molar-refractivity contribution < 1.29 is 107 Å². The van der Waals surface area contributed by atoms with Crippen LogP contribution in [0.25, 0.3) is 22.0 Å². The zero-order valence-corrected chi connectivity index (χ0v) is 81.3. The number of carbonyl (C=O) groups is 18. The van der Waals surface area contributed by atoms with Crippen LogP contribution >= 0.6 is 11.8 Å². The van der Waals surface area contributed by atoms with Crippen molar-refractivity contribution in [1.29, 1.82) is 0 Å². The van der Waals surface area contributed by atoms with Gasteiger partial charge in [0.25, 0.3) is 0 Å². The van der Waals surface area contributed by atoms with Gasteiger partial charge in [-0.15, -0.1) is 11.8 Å². The largest absolute Gasteiger partial charge is 0.508 e. The highest BCUT2D eigenvalue weighted by Gasteiger charge is 2.43. The number of H-pyrrole nitrogens is 1. The summed E-state index contributed by atoms with van der Waals surface area (Å²) in [5, 5.41) is 79.0. The minimum Gasteiger partial charge on any atom is -0.508 e. The number of para-hydroxylation sites is 1. The number of amides is 16. The maximum Gasteiger partial charge on any atom is 0.327 e. The summed E-state index contributed by atoms with van der Waals surface area (Å²) < 4.78 is 0. The number of likely N-dealkylation sites (N-methyl/N-ethyl adjacent to an activating group) is 1. The van der Waals surface area contributed by atoms with Gasteiger partial charge < -0.3 is 116 Å². The number of aromatic amines is 1. The van der Waals surface area contributed by atoms with Gasteiger partial charge in [-0.1, -0.05) is 179 Å². The molecule has 0 radical (unpaired) electrons. The number of carbonyl (C=O) groups excluding carboxylic acids is 16. The van der Waals surface area contributed by atoms with E-state index in [-0.39, 0.29) is 61.7 Å². The van der Waals surface area contributed by atoms with Crippen molar-refractivity contribution in [2.75, 3.05) is 25.1 Å². The Labute approximate surface area is 816 Å². The topological polar surface area (TPSA) is 641 Å². The number of nitrogens with zero attached hydrogens (tertiary/aromatic N) is 2. The number of hydrogen-bond acceptors (Lipinski definition) is 23. The molecule has 16 amide bonds. The number of hydrogen-bond donors (Lipinski definition) is 21. The number of nitrogens with two attached hydrogens (primary N) is 2. The summed E-state index contributed by atoms with van der Waals surface area (Å²) in [7, 11) is 1.29. The Kier molecular flexibility index (Phi) is 42.9. The summed E-state index contributed by atoms with van der Waals surface area (Å²) >= 11 is 0.647. The maximum absolute atomic E-state index is 15.5. The molecular weight excluding hydrogens is 1830 g/mol. The fraction of sp³-hybridized carbons (Fsp3) is 0.500. The monoisotopic (exact) mass is 1960 g/mol. The Bertz CT molecular complexity index is 5320. The number of aliphatic carboxylic acids is 2. The second-order valence-corrected chi connectivity index (χ2v) is 37.9. The van der Waals surface area contributed by atoms with Gasteiger partial charge in [0.15, 0.2) is 0 Å². The van der Waals surface area contributed by atoms with Gasteiger partial charge in [-0.2, -0.15) is 0 Å². The number of aromatic hydroxyl groups is 1. The van der Waals surface area contributed by atoms with Gasteiger partial charge in [0.1, 0.15) is 96.4 Å². The van der Waals surface area contributed by atoms with E-state index in [2.05, 4.69) is 84.4 Å². The summed E-state index contributed by atoms with van der Waals surface area (Å²) in [5.41, 5.74) is 15.3. The van der Waals surface area contributed by atoms with Crippen LogP contribution in [-0.4, -0.2) is 264 Å². The number of carboxylic acid groups (broad SMARTS) is 2. The van der Waals surface area contributed by atoms with Gasteiger partial charge in [-0.3, -0.25) is 86.5 Å². The number of rotatable bonds is 26. The summed E-state index contributed by atoms with van der Waals surface area (Å²) in [4.78, 5) is 271. The molecule has 3 unspecified atom stereocenters. The first-order valence-corrected chi connectivity index (χ1v) is 48.1. The number of aliphatic hydroxyl groups is 1. The van der Waals surface area contributed by atoms with Gasteiger partial charge in [0, 0.05) is 74.5 Å². The van der Waals surface area contributed by atoms with Gasteiger partial charge in [0.05, 0.1) is 24.7 Å². The van der Waals surface area contributed by atoms with E-state index in [1.54, 1.807) is 96.3 Å². The fourth-order valence-electron chi connectivity index (χ4n) is 16.3. The van der Waals surface area contributed by atoms with E-state index in [0.29, 0.717) is 52.2 Å². The summed E-state index contributed by atoms with van der Waals surface area (Å²) in [5.74, 6) is -24.5. The van der Waals surface area contributed by atoms with Crippen LogP contribution in [0.1, 0.15) is 156 Å². The van der Waals surface area contributed by atoms with E-state index >= 15 is 33.6 Å². The quantitative estimate of drug-likeness (QED) is 0.0356. The summed E-state index contributed by atoms with van der Waals surface area (Å²) in [6.45, 7) is 14.8. The van der Waals surface area contributed by atoms with Crippen LogP contribution in [0.2, 0.25) is 0 Å². The number of fused-ring (bicyclic) bond motifs is 1. The van der Waals surface area contributed by atoms with Crippen molar-refractivity contribution in [2.24, 2.45) is 41.1 Å². The minimum absolute atomic E-state index is 0.0451. The molecule has 1 aliphatic carbocycles. The second kappa shape index (κ2) is 53.9. The molecule has 17 atom stereocenters. The molecule has 0 spiro atoms. The van der Waals surface area contributed by atoms with Crippen LogP contribution in [0.15, 0.2) is 134 Å². The highest BCUT2D eigenvalue weighted by atomic mass is 32.2. The molecule has 2 aliphatic rings. The minimum atomic E-state index is -2.09. The Hall–Kier alpha value is -13.9. The van der Waals surface area contributed by atoms with Gasteiger partial charge in [0.2, 0.25) is 94.5 Å². The molecular formula is C98H133N19O22S. The van der Waals surface area contributed by atoms with Crippen LogP contribution in [-0.2, 0) is 112 Å². The molecule has 758 valence electrons. The molecule has 1 aliphatic heterocycles. The van der Waals surface area contributed by atoms with E-state index in [0.717, 1.165) is 42.2 Å². The molecule has 41 nitrogen and oxygen atoms in total. The molecule has 23 N–H and O–H groups in total. The van der Waals surface area contributed by atoms with Crippen LogP contribution in [0.3, 0.4) is 0 Å². The van der Waals surface area contributed by atoms with Gasteiger partial charge >= 0.3 is 11.9 Å². The first-order valence-electron chi connectivity index (χ1n) is 47.0. The van der Waals surface area contributed by atoms with Gasteiger partial charge in [-0.05, 0) is 120 Å². The van der Waals surface area contributed by atoms with Crippen LogP contribution in [0, 0.1) is 29.6 Å². The molecule has 1 saturated carbocycles. The lowest BCUT2D eigenvalue weighted by Crippen LogP contribution is -2.63. The molecule has 4 aromatic carbocycles. The predicted octanol–water partition coefficient (Wildman–Crippen LogP) is 0.736. The Balaban J connectivity index is 1.22. The molecule has 8 rings (SSSR count). The number of pyridine rings is 1. The van der Waals surface area contributed by atoms with E-state index in [1.807, 2.05) is 30.3 Å². The molecule has 2 aromatic heterocycles. The van der Waals surface area contributed by atoms with Crippen molar-refractivity contribution in [3.8, 4) is 16.9 Å². The lowest BCUT2D eigenvalue weighted by Gasteiger charge is -2.33. The number of phenols is 1. The fourth-order valence-corrected chi connectivity index (χ4v) is 17.1. The smallest absolute Gasteiger partial charge is 0.327 e. The first-order chi connectivity index (χ1) is 66.4. The molecule has 42 heteroatoms. The van der Waals surface area contributed by atoms with E-state index in [4.69, 9.17) is 11.5 Å². The lowest BCUT2D eigenvalue weighted by atomic mass is 9.84. The first kappa shape index (κ1) is 111. The normalized spacial score (nSPS) is 24.2. The molecule has 3 heterocycles. The molecule has 1 saturated heterocycles. The Morgan fingerprint density at radius 3 is 1.49 bits per heavy atom. The van der Waals surface area contributed by atoms with Crippen LogP contribution < -0.4 is 85.9 Å². The number of carboxylic acids is 2. The zero-order valence-electron chi connectivity index (χ0n) is 80.4. The lowest BCUT2D eigenvalue weighted by molar-refractivity contribution is -0.143. The van der Waals surface area contributed by atoms with E-state index < -0.39 is 258 Å². The SMILES string of the molecule is CCC(C)[C@@H]1NC(=O)[C@H](Cc2ccc(-c3ccccc3)cc2)NC(=O)[C@H](C(C)C)NC(=O)[C@H](Cc2c[nH]c3ccccc23)NC(=O)[C@H](CC(=O)O)NC(=O)[C@H](Cc2ccc(O)cc2)NC(=O)[C@H](Cc2ccncc2)NC(=O)CSCC(C(=O)N[C@@H](CN)C(=O)O)NC(=O)[C@H](C(C)O)NC(=O)[C@H](C(C)C)NC(=O)[C@H](CC2CCCCC2)NC(=O)[C@H](CC(N)=O)NC(=O)[C@@H](CC(C)C)NC(=O)[C@H](C)N(C)C1=O. The summed E-state index contributed by atoms with van der Waals surface area (Å²) in [6.07, 6.45) is 2.76. The molecule has 0 bridgehead atoms. The number of thioether (sulfide) groups is 1.